The van der Waals surface area contributed by atoms with E-state index < -0.39 is 108 Å². The number of aromatic hydroxyl groups is 2. The van der Waals surface area contributed by atoms with E-state index in [4.69, 9.17) is 18.9 Å². The number of fused-ring (bicyclic) bond motifs is 6. The van der Waals surface area contributed by atoms with Crippen molar-refractivity contribution >= 4 is 46.8 Å². The van der Waals surface area contributed by atoms with Crippen LogP contribution in [-0.4, -0.2) is 163 Å². The molecule has 0 aromatic heterocycles. The number of carbonyl (C=O) groups excluding carboxylic acids is 6. The first kappa shape index (κ1) is 45.9. The summed E-state index contributed by atoms with van der Waals surface area (Å²) in [7, 11) is 1.32. The van der Waals surface area contributed by atoms with E-state index in [2.05, 4.69) is 0 Å². The summed E-state index contributed by atoms with van der Waals surface area (Å²) in [5.74, 6) is -4.48. The second-order valence-corrected chi connectivity index (χ2v) is 18.7. The minimum Gasteiger partial charge on any atom is -0.507 e. The molecule has 2 aliphatic carbocycles. The maximum Gasteiger partial charge on any atom is 0.242 e. The van der Waals surface area contributed by atoms with Gasteiger partial charge in [-0.3, -0.25) is 38.6 Å². The van der Waals surface area contributed by atoms with Crippen LogP contribution in [0, 0.1) is 0 Å². The fourth-order valence-corrected chi connectivity index (χ4v) is 11.2. The number of Topliss-reactive ketones (excluding diaryl/α,β-unsaturated/α-hetero) is 1. The van der Waals surface area contributed by atoms with E-state index in [1.807, 2.05) is 35.4 Å². The third-order valence-corrected chi connectivity index (χ3v) is 14.9. The van der Waals surface area contributed by atoms with Gasteiger partial charge in [-0.05, 0) is 43.2 Å². The number of thioether (sulfide) groups is 1. The summed E-state index contributed by atoms with van der Waals surface area (Å²) in [5.41, 5.74) is -1.96. The molecule has 0 saturated carbocycles. The number of hydrogen-bond donors (Lipinski definition) is 5. The van der Waals surface area contributed by atoms with Crippen molar-refractivity contribution < 1.29 is 73.2 Å². The van der Waals surface area contributed by atoms with Gasteiger partial charge in [0.15, 0.2) is 30.3 Å². The Morgan fingerprint density at radius 1 is 0.939 bits per heavy atom. The maximum atomic E-state index is 14.1. The third kappa shape index (κ3) is 7.68. The van der Waals surface area contributed by atoms with Crippen molar-refractivity contribution in [3.8, 4) is 17.2 Å². The molecule has 3 aromatic carbocycles. The summed E-state index contributed by atoms with van der Waals surface area (Å²) in [4.78, 5) is 84.1. The molecule has 0 bridgehead atoms. The highest BCUT2D eigenvalue weighted by atomic mass is 32.2. The van der Waals surface area contributed by atoms with E-state index in [9.17, 15) is 54.3 Å². The molecule has 3 amide bonds. The number of phenolic OH excluding ortho intramolecular Hbond substituents is 2. The SMILES string of the molecule is COc1cccc2c1C(=O)c1c(O)c3c(c(O)c1C2=O)C[C@@](O)(C(=O)CO)C[C@@H]3O[C@H]1C[C@H]2[C@H](O[C@@H]3[C@@H](O)N(C(=O)CCc4ccc(CCN5C(=O)CC(SC)C5=O)cc4)CCN32)[C@H](C)O1. The molecule has 9 rings (SSSR count). The number of aryl methyl sites for hydroxylation is 1. The number of imide groups is 1. The molecule has 0 spiro atoms. The predicted octanol–water partition coefficient (Wildman–Crippen LogP) is 1.54. The monoisotopic (exact) mass is 929 g/mol. The van der Waals surface area contributed by atoms with E-state index in [-0.39, 0.29) is 76.8 Å². The molecule has 5 N–H and O–H groups in total. The normalized spacial score (nSPS) is 29.3. The summed E-state index contributed by atoms with van der Waals surface area (Å²) in [5, 5.41) is 56.5. The number of piperazine rings is 1. The van der Waals surface area contributed by atoms with Gasteiger partial charge in [0.1, 0.15) is 35.6 Å². The molecule has 3 aromatic rings. The molecule has 350 valence electrons. The van der Waals surface area contributed by atoms with E-state index in [1.54, 1.807) is 6.92 Å². The number of hydrogen-bond acceptors (Lipinski definition) is 17. The standard InChI is InChI=1S/C47H51N3O15S/c1-22-43-27(48-15-16-50(45(60)46(48)65-43)32(53)12-11-23-7-9-24(10-8-23)13-14-49-33(54)18-30(66-3)44(49)59)17-34(63-22)64-29-20-47(61,31(52)21-51)19-26-36(29)42(58)38-37(40(26)56)39(55)25-5-4-6-28(62-2)35(25)41(38)57/h4-10,22,27,29-30,34,43,45-46,51,56,58,60-61H,11-21H2,1-3H3/t22-,27-,29-,30?,34-,43+,45+,46+,47-/m0/s1. The highest BCUT2D eigenvalue weighted by Gasteiger charge is 2.56. The Morgan fingerprint density at radius 3 is 2.33 bits per heavy atom. The number of methoxy groups -OCH3 is 1. The lowest BCUT2D eigenvalue weighted by atomic mass is 9.72. The predicted molar refractivity (Wildman–Crippen MR) is 232 cm³/mol. The molecule has 19 heteroatoms. The average molecular weight is 930 g/mol. The lowest BCUT2D eigenvalue weighted by Gasteiger charge is -2.44. The molecule has 4 heterocycles. The summed E-state index contributed by atoms with van der Waals surface area (Å²) < 4.78 is 24.5. The number of aliphatic hydroxyl groups is 3. The molecule has 4 aliphatic heterocycles. The lowest BCUT2D eigenvalue weighted by Crippen LogP contribution is -2.61. The van der Waals surface area contributed by atoms with Gasteiger partial charge in [-0.15, -0.1) is 0 Å². The Balaban J connectivity index is 0.880. The van der Waals surface area contributed by atoms with Crippen molar-refractivity contribution in [1.82, 2.24) is 14.7 Å². The first-order chi connectivity index (χ1) is 31.6. The molecule has 18 nitrogen and oxygen atoms in total. The highest BCUT2D eigenvalue weighted by molar-refractivity contribution is 8.00. The maximum absolute atomic E-state index is 14.1. The van der Waals surface area contributed by atoms with Gasteiger partial charge in [-0.2, -0.15) is 11.8 Å². The number of carbonyl (C=O) groups is 6. The first-order valence-corrected chi connectivity index (χ1v) is 23.3. The third-order valence-electron chi connectivity index (χ3n) is 14.0. The average Bonchev–Trinajstić information content (AvgIpc) is 3.83. The molecule has 66 heavy (non-hydrogen) atoms. The van der Waals surface area contributed by atoms with Crippen molar-refractivity contribution in [1.29, 1.82) is 0 Å². The Bertz CT molecular complexity index is 2520. The van der Waals surface area contributed by atoms with Gasteiger partial charge in [0.2, 0.25) is 23.5 Å². The molecule has 9 atom stereocenters. The van der Waals surface area contributed by atoms with E-state index in [1.165, 1.54) is 46.9 Å². The topological polar surface area (TPSA) is 250 Å². The zero-order valence-electron chi connectivity index (χ0n) is 36.5. The van der Waals surface area contributed by atoms with Crippen LogP contribution >= 0.6 is 11.8 Å². The smallest absolute Gasteiger partial charge is 0.242 e. The fraction of sp³-hybridized carbons (Fsp3) is 0.489. The molecule has 4 fully saturated rings. The number of rotatable bonds is 12. The van der Waals surface area contributed by atoms with Crippen LogP contribution in [0.15, 0.2) is 42.5 Å². The molecule has 0 radical (unpaired) electrons. The Morgan fingerprint density at radius 2 is 1.65 bits per heavy atom. The van der Waals surface area contributed by atoms with Crippen LogP contribution in [-0.2, 0) is 52.7 Å². The summed E-state index contributed by atoms with van der Waals surface area (Å²) in [6.45, 7) is 1.52. The molecule has 4 saturated heterocycles. The van der Waals surface area contributed by atoms with Crippen molar-refractivity contribution in [3.05, 3.63) is 87.0 Å². The van der Waals surface area contributed by atoms with Gasteiger partial charge in [-0.1, -0.05) is 36.4 Å². The van der Waals surface area contributed by atoms with Crippen LogP contribution in [0.3, 0.4) is 0 Å². The first-order valence-electron chi connectivity index (χ1n) is 22.0. The highest BCUT2D eigenvalue weighted by Crippen LogP contribution is 2.53. The van der Waals surface area contributed by atoms with Crippen LogP contribution in [0.1, 0.15) is 92.8 Å². The van der Waals surface area contributed by atoms with Gasteiger partial charge in [0.05, 0.1) is 41.3 Å². The van der Waals surface area contributed by atoms with Gasteiger partial charge in [-0.25, -0.2) is 0 Å². The van der Waals surface area contributed by atoms with E-state index in [0.29, 0.717) is 25.9 Å². The number of nitrogens with zero attached hydrogens (tertiary/aromatic N) is 3. The number of amides is 3. The zero-order valence-corrected chi connectivity index (χ0v) is 37.3. The Hall–Kier alpha value is -5.25. The van der Waals surface area contributed by atoms with Gasteiger partial charge in [0, 0.05) is 74.5 Å². The van der Waals surface area contributed by atoms with Crippen LogP contribution in [0.4, 0.5) is 0 Å². The molecular formula is C47H51N3O15S. The van der Waals surface area contributed by atoms with Crippen molar-refractivity contribution in [2.24, 2.45) is 0 Å². The fourth-order valence-electron chi connectivity index (χ4n) is 10.5. The Kier molecular flexibility index (Phi) is 12.3. The summed E-state index contributed by atoms with van der Waals surface area (Å²) in [6.07, 6.45) is -3.84. The molecule has 1 unspecified atom stereocenters. The summed E-state index contributed by atoms with van der Waals surface area (Å²) >= 11 is 1.38. The van der Waals surface area contributed by atoms with Crippen molar-refractivity contribution in [2.75, 3.05) is 39.6 Å². The van der Waals surface area contributed by atoms with Gasteiger partial charge >= 0.3 is 0 Å². The lowest BCUT2D eigenvalue weighted by molar-refractivity contribution is -0.248. The Labute approximate surface area is 383 Å². The number of aliphatic hydroxyl groups excluding tert-OH is 2. The van der Waals surface area contributed by atoms with E-state index in [0.717, 1.165) is 11.1 Å². The van der Waals surface area contributed by atoms with Crippen molar-refractivity contribution in [3.63, 3.8) is 0 Å². The van der Waals surface area contributed by atoms with Crippen LogP contribution in [0.2, 0.25) is 0 Å². The van der Waals surface area contributed by atoms with Gasteiger partial charge < -0.3 is 49.4 Å². The number of benzene rings is 3. The molecule has 6 aliphatic rings. The van der Waals surface area contributed by atoms with Crippen LogP contribution < -0.4 is 4.74 Å². The number of phenols is 2. The second-order valence-electron chi connectivity index (χ2n) is 17.7. The quantitative estimate of drug-likeness (QED) is 0.0998. The second kappa shape index (κ2) is 17.8. The minimum atomic E-state index is -2.31. The number of likely N-dealkylation sites (tertiary alicyclic amines) is 1. The zero-order chi connectivity index (χ0) is 46.9. The largest absolute Gasteiger partial charge is 0.507 e. The van der Waals surface area contributed by atoms with Crippen molar-refractivity contribution in [2.45, 2.75) is 106 Å². The van der Waals surface area contributed by atoms with Crippen LogP contribution in [0.25, 0.3) is 0 Å². The molecular weight excluding hydrogens is 879 g/mol. The number of ether oxygens (including phenoxy) is 4. The summed E-state index contributed by atoms with van der Waals surface area (Å²) in [6, 6.07) is 11.6. The van der Waals surface area contributed by atoms with Gasteiger partial charge in [0.25, 0.3) is 0 Å². The van der Waals surface area contributed by atoms with E-state index >= 15 is 0 Å². The van der Waals surface area contributed by atoms with Crippen LogP contribution in [0.5, 0.6) is 17.2 Å². The number of ketones is 3. The minimum absolute atomic E-state index is 0.0735.